The molecule has 0 spiro atoms. The first kappa shape index (κ1) is 19.1. The zero-order valence-electron chi connectivity index (χ0n) is 13.5. The zero-order valence-corrected chi connectivity index (χ0v) is 13.5. The van der Waals surface area contributed by atoms with Gasteiger partial charge in [-0.05, 0) is 43.4 Å². The number of aliphatic hydroxyl groups is 1. The summed E-state index contributed by atoms with van der Waals surface area (Å²) in [6, 6.07) is 6.00. The smallest absolute Gasteiger partial charge is 0.222 e. The number of rotatable bonds is 9. The van der Waals surface area contributed by atoms with Crippen molar-refractivity contribution in [3.63, 3.8) is 0 Å². The molecule has 0 saturated carbocycles. The maximum Gasteiger partial charge on any atom is 0.222 e. The second-order valence-electron chi connectivity index (χ2n) is 5.72. The third-order valence-corrected chi connectivity index (χ3v) is 3.81. The van der Waals surface area contributed by atoms with Gasteiger partial charge in [0.1, 0.15) is 5.82 Å². The maximum atomic E-state index is 12.8. The molecule has 23 heavy (non-hydrogen) atoms. The number of aliphatic hydroxyl groups excluding tert-OH is 1. The second-order valence-corrected chi connectivity index (χ2v) is 5.72. The lowest BCUT2D eigenvalue weighted by atomic mass is 9.88. The van der Waals surface area contributed by atoms with E-state index in [1.54, 1.807) is 25.5 Å². The first-order valence-corrected chi connectivity index (χ1v) is 7.60. The van der Waals surface area contributed by atoms with Crippen molar-refractivity contribution in [3.05, 3.63) is 42.1 Å². The molecule has 0 saturated heterocycles. The largest absolute Gasteiger partial charge is 0.393 e. The quantitative estimate of drug-likeness (QED) is 0.637. The molecule has 0 fully saturated rings. The minimum Gasteiger partial charge on any atom is -0.393 e. The van der Waals surface area contributed by atoms with Gasteiger partial charge in [-0.1, -0.05) is 19.1 Å². The lowest BCUT2D eigenvalue weighted by molar-refractivity contribution is -0.127. The van der Waals surface area contributed by atoms with Crippen molar-refractivity contribution in [1.29, 1.82) is 0 Å². The third-order valence-electron chi connectivity index (χ3n) is 3.81. The van der Waals surface area contributed by atoms with Crippen LogP contribution in [-0.2, 0) is 16.0 Å². The summed E-state index contributed by atoms with van der Waals surface area (Å²) in [5, 5.41) is 12.6. The highest BCUT2D eigenvalue weighted by atomic mass is 19.1. The van der Waals surface area contributed by atoms with Crippen molar-refractivity contribution in [2.45, 2.75) is 32.3 Å². The molecule has 0 bridgehead atoms. The SMILES string of the molecule is CNC(=O)[C@H](CC(C)C(N)=O)C[C@@H](O)[CH]Cc1ccc(F)cc1. The Labute approximate surface area is 136 Å². The molecule has 3 atom stereocenters. The van der Waals surface area contributed by atoms with E-state index in [9.17, 15) is 19.1 Å². The predicted octanol–water partition coefficient (Wildman–Crippen LogP) is 1.20. The summed E-state index contributed by atoms with van der Waals surface area (Å²) < 4.78 is 12.8. The van der Waals surface area contributed by atoms with E-state index in [1.807, 2.05) is 0 Å². The van der Waals surface area contributed by atoms with E-state index in [4.69, 9.17) is 5.73 Å². The standard InChI is InChI=1S/C17H24FN2O3/c1-11(16(19)22)9-13(17(23)20-2)10-15(21)8-5-12-3-6-14(18)7-4-12/h3-4,6-8,11,13,15,21H,5,9-10H2,1-2H3,(H2,19,22)(H,20,23)/t11?,13-,15+/m1/s1. The Hall–Kier alpha value is -1.95. The average Bonchev–Trinajstić information content (AvgIpc) is 2.52. The number of nitrogens with two attached hydrogens (primary N) is 1. The highest BCUT2D eigenvalue weighted by Gasteiger charge is 2.25. The first-order chi connectivity index (χ1) is 10.8. The van der Waals surface area contributed by atoms with Crippen LogP contribution in [0.1, 0.15) is 25.3 Å². The molecule has 6 heteroatoms. The molecule has 1 unspecified atom stereocenters. The van der Waals surface area contributed by atoms with Gasteiger partial charge in [-0.2, -0.15) is 0 Å². The van der Waals surface area contributed by atoms with E-state index < -0.39 is 23.8 Å². The van der Waals surface area contributed by atoms with Gasteiger partial charge in [-0.15, -0.1) is 0 Å². The van der Waals surface area contributed by atoms with E-state index >= 15 is 0 Å². The summed E-state index contributed by atoms with van der Waals surface area (Å²) in [7, 11) is 1.51. The Balaban J connectivity index is 2.55. The molecule has 5 nitrogen and oxygen atoms in total. The van der Waals surface area contributed by atoms with Crippen LogP contribution in [0.2, 0.25) is 0 Å². The normalized spacial score (nSPS) is 14.8. The number of hydrogen-bond donors (Lipinski definition) is 3. The number of carbonyl (C=O) groups is 2. The van der Waals surface area contributed by atoms with Crippen LogP contribution in [-0.4, -0.2) is 30.1 Å². The van der Waals surface area contributed by atoms with E-state index in [-0.39, 0.29) is 24.6 Å². The van der Waals surface area contributed by atoms with Crippen LogP contribution in [0.15, 0.2) is 24.3 Å². The molecule has 1 rings (SSSR count). The van der Waals surface area contributed by atoms with Crippen molar-refractivity contribution in [1.82, 2.24) is 5.32 Å². The van der Waals surface area contributed by atoms with Crippen LogP contribution in [0.5, 0.6) is 0 Å². The molecular weight excluding hydrogens is 299 g/mol. The zero-order chi connectivity index (χ0) is 17.4. The number of amides is 2. The van der Waals surface area contributed by atoms with Crippen molar-refractivity contribution >= 4 is 11.8 Å². The van der Waals surface area contributed by atoms with Gasteiger partial charge < -0.3 is 16.2 Å². The fourth-order valence-electron chi connectivity index (χ4n) is 2.34. The van der Waals surface area contributed by atoms with Crippen molar-refractivity contribution < 1.29 is 19.1 Å². The topological polar surface area (TPSA) is 92.4 Å². The number of carbonyl (C=O) groups excluding carboxylic acids is 2. The number of nitrogens with one attached hydrogen (secondary N) is 1. The van der Waals surface area contributed by atoms with E-state index in [1.165, 1.54) is 19.2 Å². The molecule has 0 aromatic heterocycles. The highest BCUT2D eigenvalue weighted by molar-refractivity contribution is 5.80. The summed E-state index contributed by atoms with van der Waals surface area (Å²) >= 11 is 0. The second kappa shape index (κ2) is 9.25. The molecule has 1 aromatic carbocycles. The van der Waals surface area contributed by atoms with Gasteiger partial charge in [-0.3, -0.25) is 9.59 Å². The molecule has 0 aliphatic carbocycles. The van der Waals surface area contributed by atoms with Crippen molar-refractivity contribution in [2.75, 3.05) is 7.05 Å². The van der Waals surface area contributed by atoms with E-state index in [0.717, 1.165) is 5.56 Å². The molecular formula is C17H24FN2O3. The summed E-state index contributed by atoms with van der Waals surface area (Å²) in [5.74, 6) is -1.95. The van der Waals surface area contributed by atoms with Crippen LogP contribution < -0.4 is 11.1 Å². The van der Waals surface area contributed by atoms with Gasteiger partial charge in [0.25, 0.3) is 0 Å². The van der Waals surface area contributed by atoms with Crippen LogP contribution >= 0.6 is 0 Å². The lowest BCUT2D eigenvalue weighted by Crippen LogP contribution is -2.34. The summed E-state index contributed by atoms with van der Waals surface area (Å²) in [5.41, 5.74) is 6.10. The molecule has 4 N–H and O–H groups in total. The van der Waals surface area contributed by atoms with Crippen molar-refractivity contribution in [3.8, 4) is 0 Å². The Morgan fingerprint density at radius 2 is 1.91 bits per heavy atom. The molecule has 0 aliphatic heterocycles. The Kier molecular flexibility index (Phi) is 7.68. The van der Waals surface area contributed by atoms with Crippen LogP contribution in [0, 0.1) is 24.1 Å². The Bertz CT molecular complexity index is 519. The number of hydrogen-bond acceptors (Lipinski definition) is 3. The summed E-state index contributed by atoms with van der Waals surface area (Å²) in [4.78, 5) is 23.0. The monoisotopic (exact) mass is 323 g/mol. The number of halogens is 1. The van der Waals surface area contributed by atoms with Gasteiger partial charge in [0.15, 0.2) is 0 Å². The number of benzene rings is 1. The minimum atomic E-state index is -0.803. The van der Waals surface area contributed by atoms with Crippen LogP contribution in [0.4, 0.5) is 4.39 Å². The van der Waals surface area contributed by atoms with Gasteiger partial charge in [-0.25, -0.2) is 4.39 Å². The van der Waals surface area contributed by atoms with Gasteiger partial charge >= 0.3 is 0 Å². The average molecular weight is 323 g/mol. The van der Waals surface area contributed by atoms with Crippen molar-refractivity contribution in [2.24, 2.45) is 17.6 Å². The Morgan fingerprint density at radius 1 is 1.30 bits per heavy atom. The van der Waals surface area contributed by atoms with Crippen LogP contribution in [0.25, 0.3) is 0 Å². The lowest BCUT2D eigenvalue weighted by Gasteiger charge is -2.21. The Morgan fingerprint density at radius 3 is 2.43 bits per heavy atom. The van der Waals surface area contributed by atoms with E-state index in [2.05, 4.69) is 5.32 Å². The fraction of sp³-hybridized carbons (Fsp3) is 0.471. The van der Waals surface area contributed by atoms with Gasteiger partial charge in [0, 0.05) is 18.9 Å². The fourth-order valence-corrected chi connectivity index (χ4v) is 2.34. The molecule has 0 aliphatic rings. The summed E-state index contributed by atoms with van der Waals surface area (Å²) in [6.45, 7) is 1.66. The molecule has 1 radical (unpaired) electrons. The molecule has 1 aromatic rings. The molecule has 2 amide bonds. The maximum absolute atomic E-state index is 12.8. The summed E-state index contributed by atoms with van der Waals surface area (Å²) in [6.07, 6.45) is 1.82. The number of primary amides is 1. The highest BCUT2D eigenvalue weighted by Crippen LogP contribution is 2.20. The minimum absolute atomic E-state index is 0.207. The molecule has 0 heterocycles. The van der Waals surface area contributed by atoms with E-state index in [0.29, 0.717) is 6.42 Å². The third kappa shape index (κ3) is 6.78. The van der Waals surface area contributed by atoms with Gasteiger partial charge in [0.05, 0.1) is 6.10 Å². The first-order valence-electron chi connectivity index (χ1n) is 7.60. The predicted molar refractivity (Wildman–Crippen MR) is 85.6 cm³/mol. The van der Waals surface area contributed by atoms with Crippen LogP contribution in [0.3, 0.4) is 0 Å². The molecule has 127 valence electrons. The van der Waals surface area contributed by atoms with Gasteiger partial charge in [0.2, 0.25) is 11.8 Å².